The summed E-state index contributed by atoms with van der Waals surface area (Å²) in [6, 6.07) is 3.63. The highest BCUT2D eigenvalue weighted by Gasteiger charge is 2.22. The summed E-state index contributed by atoms with van der Waals surface area (Å²) in [5.74, 6) is 0.780. The molecule has 0 radical (unpaired) electrons. The molecule has 0 fully saturated rings. The van der Waals surface area contributed by atoms with E-state index in [9.17, 15) is 8.78 Å². The molecule has 2 aromatic rings. The molecule has 3 rings (SSSR count). The van der Waals surface area contributed by atoms with E-state index in [4.69, 9.17) is 9.47 Å². The number of benzene rings is 1. The molecule has 0 amide bonds. The van der Waals surface area contributed by atoms with Crippen molar-refractivity contribution in [3.63, 3.8) is 0 Å². The number of nitrogens with zero attached hydrogens (tertiary/aromatic N) is 4. The van der Waals surface area contributed by atoms with Crippen LogP contribution in [0, 0.1) is 11.6 Å². The van der Waals surface area contributed by atoms with E-state index in [2.05, 4.69) is 25.7 Å². The fraction of sp³-hybridized carbons (Fsp3) is 0.526. The van der Waals surface area contributed by atoms with Crippen LogP contribution in [-0.4, -0.2) is 53.6 Å². The maximum Gasteiger partial charge on any atom is 0.191 e. The number of fused-ring (bicyclic) bond motifs is 1. The van der Waals surface area contributed by atoms with Gasteiger partial charge in [-0.2, -0.15) is 5.10 Å². The molecular weight excluding hydrogens is 509 g/mol. The van der Waals surface area contributed by atoms with Crippen molar-refractivity contribution in [2.24, 2.45) is 4.99 Å². The maximum absolute atomic E-state index is 13.2. The summed E-state index contributed by atoms with van der Waals surface area (Å²) in [5.41, 5.74) is 0. The fourth-order valence-electron chi connectivity index (χ4n) is 3.07. The zero-order valence-electron chi connectivity index (χ0n) is 17.0. The lowest BCUT2D eigenvalue weighted by atomic mass is 10.1. The van der Waals surface area contributed by atoms with E-state index >= 15 is 0 Å². The number of hydrogen-bond acceptors (Lipinski definition) is 5. The van der Waals surface area contributed by atoms with Crippen molar-refractivity contribution in [3.05, 3.63) is 41.5 Å². The first-order valence-corrected chi connectivity index (χ1v) is 9.63. The number of halogens is 3. The maximum atomic E-state index is 13.2. The Morgan fingerprint density at radius 3 is 2.90 bits per heavy atom. The predicted molar refractivity (Wildman–Crippen MR) is 119 cm³/mol. The van der Waals surface area contributed by atoms with E-state index in [-0.39, 0.29) is 42.4 Å². The molecule has 0 bridgehead atoms. The molecule has 11 heteroatoms. The van der Waals surface area contributed by atoms with Gasteiger partial charge in [0.05, 0.1) is 13.1 Å². The third-order valence-corrected chi connectivity index (χ3v) is 4.38. The van der Waals surface area contributed by atoms with Crippen LogP contribution in [-0.2, 0) is 24.3 Å². The number of hydrogen-bond donors (Lipinski definition) is 2. The van der Waals surface area contributed by atoms with Gasteiger partial charge >= 0.3 is 0 Å². The van der Waals surface area contributed by atoms with Gasteiger partial charge in [-0.15, -0.1) is 24.0 Å². The quantitative estimate of drug-likeness (QED) is 0.233. The van der Waals surface area contributed by atoms with Crippen molar-refractivity contribution in [1.82, 2.24) is 25.4 Å². The van der Waals surface area contributed by atoms with Crippen LogP contribution in [0.3, 0.4) is 0 Å². The standard InChI is InChI=1S/C19H26F2N6O2.HI/c1-3-22-19(23-8-9-29-14-5-6-15(20)16(21)10-14)24-13-4-7-18-25-17(12-28-2)26-27(18)11-13;/h5-6,10,13H,3-4,7-9,11-12H2,1-2H3,(H2,22,23,24);1H. The van der Waals surface area contributed by atoms with Gasteiger partial charge in [-0.05, 0) is 25.5 Å². The second-order valence-electron chi connectivity index (χ2n) is 6.62. The van der Waals surface area contributed by atoms with Crippen LogP contribution in [0.5, 0.6) is 5.75 Å². The minimum Gasteiger partial charge on any atom is -0.492 e. The van der Waals surface area contributed by atoms with Gasteiger partial charge < -0.3 is 20.1 Å². The number of aromatic nitrogens is 3. The zero-order chi connectivity index (χ0) is 20.6. The summed E-state index contributed by atoms with van der Waals surface area (Å²) >= 11 is 0. The number of nitrogens with one attached hydrogen (secondary N) is 2. The Morgan fingerprint density at radius 1 is 1.33 bits per heavy atom. The summed E-state index contributed by atoms with van der Waals surface area (Å²) in [7, 11) is 1.62. The molecule has 30 heavy (non-hydrogen) atoms. The third kappa shape index (κ3) is 6.76. The van der Waals surface area contributed by atoms with Crippen LogP contribution in [0.1, 0.15) is 25.0 Å². The smallest absolute Gasteiger partial charge is 0.191 e. The number of methoxy groups -OCH3 is 1. The number of rotatable bonds is 8. The Hall–Kier alpha value is -2.02. The Bertz CT molecular complexity index is 848. The molecule has 0 aliphatic carbocycles. The van der Waals surface area contributed by atoms with Crippen molar-refractivity contribution in [2.45, 2.75) is 39.0 Å². The van der Waals surface area contributed by atoms with E-state index in [0.717, 1.165) is 37.3 Å². The molecule has 0 saturated heterocycles. The zero-order valence-corrected chi connectivity index (χ0v) is 19.4. The van der Waals surface area contributed by atoms with Gasteiger partial charge in [-0.3, -0.25) is 0 Å². The summed E-state index contributed by atoms with van der Waals surface area (Å²) in [6.07, 6.45) is 1.74. The highest BCUT2D eigenvalue weighted by Crippen LogP contribution is 2.15. The average molecular weight is 536 g/mol. The van der Waals surface area contributed by atoms with Crippen LogP contribution < -0.4 is 15.4 Å². The van der Waals surface area contributed by atoms with E-state index in [0.29, 0.717) is 31.5 Å². The van der Waals surface area contributed by atoms with Crippen molar-refractivity contribution in [1.29, 1.82) is 0 Å². The lowest BCUT2D eigenvalue weighted by Crippen LogP contribution is -2.47. The van der Waals surface area contributed by atoms with E-state index < -0.39 is 11.6 Å². The molecule has 0 saturated carbocycles. The number of aliphatic imine (C=N–C) groups is 1. The van der Waals surface area contributed by atoms with Gasteiger partial charge in [0.15, 0.2) is 23.4 Å². The van der Waals surface area contributed by atoms with Crippen LogP contribution in [0.25, 0.3) is 0 Å². The van der Waals surface area contributed by atoms with Crippen molar-refractivity contribution in [3.8, 4) is 5.75 Å². The number of aryl methyl sites for hydroxylation is 1. The molecule has 1 aromatic heterocycles. The molecule has 1 aromatic carbocycles. The monoisotopic (exact) mass is 536 g/mol. The van der Waals surface area contributed by atoms with Crippen molar-refractivity contribution < 1.29 is 18.3 Å². The van der Waals surface area contributed by atoms with Gasteiger partial charge in [-0.25, -0.2) is 23.4 Å². The second kappa shape index (κ2) is 12.0. The van der Waals surface area contributed by atoms with Crippen molar-refractivity contribution >= 4 is 29.9 Å². The molecule has 166 valence electrons. The Labute approximate surface area is 191 Å². The third-order valence-electron chi connectivity index (χ3n) is 4.38. The highest BCUT2D eigenvalue weighted by molar-refractivity contribution is 14.0. The van der Waals surface area contributed by atoms with E-state index in [1.807, 2.05) is 11.6 Å². The Morgan fingerprint density at radius 2 is 2.17 bits per heavy atom. The summed E-state index contributed by atoms with van der Waals surface area (Å²) < 4.78 is 38.6. The molecule has 1 unspecified atom stereocenters. The number of guanidine groups is 1. The van der Waals surface area contributed by atoms with E-state index in [1.54, 1.807) is 7.11 Å². The van der Waals surface area contributed by atoms with E-state index in [1.165, 1.54) is 6.07 Å². The predicted octanol–water partition coefficient (Wildman–Crippen LogP) is 2.27. The normalized spacial score (nSPS) is 15.9. The topological polar surface area (TPSA) is 85.6 Å². The minimum atomic E-state index is -0.931. The molecule has 1 atom stereocenters. The lowest BCUT2D eigenvalue weighted by molar-refractivity contribution is 0.177. The molecule has 1 aliphatic rings. The van der Waals surface area contributed by atoms with Crippen molar-refractivity contribution in [2.75, 3.05) is 26.8 Å². The summed E-state index contributed by atoms with van der Waals surface area (Å²) in [5, 5.41) is 11.1. The lowest BCUT2D eigenvalue weighted by Gasteiger charge is -2.25. The second-order valence-corrected chi connectivity index (χ2v) is 6.62. The molecule has 1 aliphatic heterocycles. The van der Waals surface area contributed by atoms with Gasteiger partial charge in [0.25, 0.3) is 0 Å². The van der Waals surface area contributed by atoms with Crippen LogP contribution >= 0.6 is 24.0 Å². The fourth-order valence-corrected chi connectivity index (χ4v) is 3.07. The first-order chi connectivity index (χ1) is 14.1. The van der Waals surface area contributed by atoms with Crippen LogP contribution in [0.15, 0.2) is 23.2 Å². The van der Waals surface area contributed by atoms with Gasteiger partial charge in [0.1, 0.15) is 24.8 Å². The Kier molecular flexibility index (Phi) is 9.69. The van der Waals surface area contributed by atoms with Gasteiger partial charge in [0, 0.05) is 32.2 Å². The molecule has 2 heterocycles. The summed E-state index contributed by atoms with van der Waals surface area (Å²) in [6.45, 7) is 4.42. The molecule has 2 N–H and O–H groups in total. The molecular formula is C19H27F2IN6O2. The summed E-state index contributed by atoms with van der Waals surface area (Å²) in [4.78, 5) is 8.97. The average Bonchev–Trinajstić information content (AvgIpc) is 3.10. The molecule has 0 spiro atoms. The molecule has 8 nitrogen and oxygen atoms in total. The Balaban J connectivity index is 0.00000320. The minimum absolute atomic E-state index is 0. The first-order valence-electron chi connectivity index (χ1n) is 9.63. The number of ether oxygens (including phenoxy) is 2. The SMILES string of the molecule is CCNC(=NCCOc1ccc(F)c(F)c1)NC1CCc2nc(COC)nn2C1.I. The first kappa shape index (κ1) is 24.3. The van der Waals surface area contributed by atoms with Crippen LogP contribution in [0.2, 0.25) is 0 Å². The van der Waals surface area contributed by atoms with Gasteiger partial charge in [-0.1, -0.05) is 0 Å². The van der Waals surface area contributed by atoms with Crippen LogP contribution in [0.4, 0.5) is 8.78 Å². The van der Waals surface area contributed by atoms with Gasteiger partial charge in [0.2, 0.25) is 0 Å². The highest BCUT2D eigenvalue weighted by atomic mass is 127. The largest absolute Gasteiger partial charge is 0.492 e.